The predicted octanol–water partition coefficient (Wildman–Crippen LogP) is 1.05. The fourth-order valence-corrected chi connectivity index (χ4v) is 3.62. The Morgan fingerprint density at radius 2 is 1.86 bits per heavy atom. The van der Waals surface area contributed by atoms with Crippen LogP contribution < -0.4 is 16.0 Å². The molecule has 1 aliphatic heterocycles. The smallest absolute Gasteiger partial charge is 0.333 e. The lowest BCUT2D eigenvalue weighted by atomic mass is 10.0. The van der Waals surface area contributed by atoms with Crippen molar-refractivity contribution in [3.63, 3.8) is 0 Å². The minimum Gasteiger partial charge on any atom is -0.496 e. The first-order valence-corrected chi connectivity index (χ1v) is 9.31. The number of methoxy groups -OCH3 is 1. The van der Waals surface area contributed by atoms with Gasteiger partial charge in [-0.1, -0.05) is 18.2 Å². The van der Waals surface area contributed by atoms with Crippen LogP contribution in [0.4, 0.5) is 0 Å². The van der Waals surface area contributed by atoms with Gasteiger partial charge in [0.05, 0.1) is 19.7 Å². The van der Waals surface area contributed by atoms with Gasteiger partial charge in [-0.25, -0.2) is 4.79 Å². The molecule has 0 saturated carbocycles. The van der Waals surface area contributed by atoms with Crippen LogP contribution in [-0.2, 0) is 14.1 Å². The van der Waals surface area contributed by atoms with E-state index in [-0.39, 0.29) is 17.5 Å². The number of nitrogens with zero attached hydrogens (tertiary/aromatic N) is 4. The van der Waals surface area contributed by atoms with Crippen LogP contribution in [0.25, 0.3) is 0 Å². The summed E-state index contributed by atoms with van der Waals surface area (Å²) < 4.78 is 7.51. The third kappa shape index (κ3) is 3.73. The van der Waals surface area contributed by atoms with Crippen molar-refractivity contribution in [2.45, 2.75) is 18.9 Å². The first kappa shape index (κ1) is 19.9. The fraction of sp³-hybridized carbons (Fsp3) is 0.450. The Hall–Kier alpha value is -2.87. The second kappa shape index (κ2) is 8.43. The summed E-state index contributed by atoms with van der Waals surface area (Å²) >= 11 is 0. The quantitative estimate of drug-likeness (QED) is 0.750. The standard InChI is InChI=1S/C20H26N4O4/c1-22-18(25)15(19(26)23(2)20(22)27)12-21-13-16(24-10-6-7-11-24)14-8-4-5-9-17(14)28-3/h4-5,8-9,12,16,25H,6-7,10-11,13H2,1-3H3/t16-/m0/s1. The number of para-hydroxylation sites is 1. The van der Waals surface area contributed by atoms with Crippen molar-refractivity contribution in [2.24, 2.45) is 19.1 Å². The molecule has 0 aliphatic carbocycles. The molecule has 0 amide bonds. The normalized spacial score (nSPS) is 16.0. The van der Waals surface area contributed by atoms with Crippen LogP contribution in [-0.4, -0.2) is 52.1 Å². The number of rotatable bonds is 6. The Bertz CT molecular complexity index is 987. The molecule has 1 atom stereocenters. The molecule has 0 unspecified atom stereocenters. The molecule has 150 valence electrons. The van der Waals surface area contributed by atoms with Crippen LogP contribution in [0.2, 0.25) is 0 Å². The molecule has 28 heavy (non-hydrogen) atoms. The third-order valence-corrected chi connectivity index (χ3v) is 5.25. The van der Waals surface area contributed by atoms with Gasteiger partial charge in [-0.05, 0) is 32.0 Å². The van der Waals surface area contributed by atoms with Crippen molar-refractivity contribution in [3.8, 4) is 11.6 Å². The monoisotopic (exact) mass is 386 g/mol. The van der Waals surface area contributed by atoms with Crippen molar-refractivity contribution in [1.82, 2.24) is 14.0 Å². The molecule has 3 rings (SSSR count). The summed E-state index contributed by atoms with van der Waals surface area (Å²) in [5.74, 6) is 0.419. The Labute approximate surface area is 163 Å². The Balaban J connectivity index is 1.93. The number of aliphatic imine (C=N–C) groups is 1. The van der Waals surface area contributed by atoms with Gasteiger partial charge in [-0.2, -0.15) is 0 Å². The molecule has 1 saturated heterocycles. The van der Waals surface area contributed by atoms with E-state index in [1.165, 1.54) is 20.3 Å². The maximum Gasteiger partial charge on any atom is 0.333 e. The molecule has 0 bridgehead atoms. The van der Waals surface area contributed by atoms with E-state index in [0.29, 0.717) is 6.54 Å². The zero-order chi connectivity index (χ0) is 20.3. The first-order chi connectivity index (χ1) is 13.5. The maximum absolute atomic E-state index is 12.3. The highest BCUT2D eigenvalue weighted by Crippen LogP contribution is 2.31. The summed E-state index contributed by atoms with van der Waals surface area (Å²) in [6.07, 6.45) is 3.63. The lowest BCUT2D eigenvalue weighted by molar-refractivity contribution is 0.246. The topological polar surface area (TPSA) is 89.1 Å². The van der Waals surface area contributed by atoms with Crippen molar-refractivity contribution in [3.05, 3.63) is 56.2 Å². The second-order valence-corrected chi connectivity index (χ2v) is 6.94. The van der Waals surface area contributed by atoms with E-state index in [1.54, 1.807) is 7.11 Å². The van der Waals surface area contributed by atoms with Gasteiger partial charge < -0.3 is 9.84 Å². The zero-order valence-corrected chi connectivity index (χ0v) is 16.5. The van der Waals surface area contributed by atoms with Gasteiger partial charge >= 0.3 is 5.69 Å². The summed E-state index contributed by atoms with van der Waals surface area (Å²) in [5.41, 5.74) is -0.102. The average molecular weight is 386 g/mol. The number of aromatic nitrogens is 2. The highest BCUT2D eigenvalue weighted by Gasteiger charge is 2.25. The molecule has 2 heterocycles. The molecule has 1 aromatic heterocycles. The minimum absolute atomic E-state index is 0.00444. The predicted molar refractivity (Wildman–Crippen MR) is 108 cm³/mol. The van der Waals surface area contributed by atoms with Crippen LogP contribution in [0.15, 0.2) is 38.8 Å². The largest absolute Gasteiger partial charge is 0.496 e. The Morgan fingerprint density at radius 1 is 1.18 bits per heavy atom. The van der Waals surface area contributed by atoms with E-state index in [4.69, 9.17) is 4.74 Å². The summed E-state index contributed by atoms with van der Waals surface area (Å²) in [6, 6.07) is 7.86. The van der Waals surface area contributed by atoms with E-state index in [1.807, 2.05) is 24.3 Å². The summed E-state index contributed by atoms with van der Waals surface area (Å²) in [5, 5.41) is 10.2. The van der Waals surface area contributed by atoms with E-state index >= 15 is 0 Å². The number of hydrogen-bond donors (Lipinski definition) is 1. The molecule has 0 radical (unpaired) electrons. The summed E-state index contributed by atoms with van der Waals surface area (Å²) in [6.45, 7) is 2.36. The van der Waals surface area contributed by atoms with Gasteiger partial charge in [-0.3, -0.25) is 23.8 Å². The van der Waals surface area contributed by atoms with E-state index in [9.17, 15) is 14.7 Å². The lowest BCUT2D eigenvalue weighted by Gasteiger charge is -2.27. The summed E-state index contributed by atoms with van der Waals surface area (Å²) in [7, 11) is 4.44. The Morgan fingerprint density at radius 3 is 2.54 bits per heavy atom. The SMILES string of the molecule is COc1ccccc1[C@H](CN=Cc1c(O)n(C)c(=O)n(C)c1=O)N1CCCC1. The van der Waals surface area contributed by atoms with Gasteiger partial charge in [0.15, 0.2) is 0 Å². The van der Waals surface area contributed by atoms with Gasteiger partial charge in [0.2, 0.25) is 5.88 Å². The zero-order valence-electron chi connectivity index (χ0n) is 16.5. The highest BCUT2D eigenvalue weighted by molar-refractivity contribution is 5.81. The van der Waals surface area contributed by atoms with Crippen LogP contribution in [0.3, 0.4) is 0 Å². The average Bonchev–Trinajstić information content (AvgIpc) is 3.25. The fourth-order valence-electron chi connectivity index (χ4n) is 3.62. The molecule has 1 aromatic carbocycles. The number of likely N-dealkylation sites (tertiary alicyclic amines) is 1. The van der Waals surface area contributed by atoms with Crippen LogP contribution in [0.5, 0.6) is 11.6 Å². The van der Waals surface area contributed by atoms with Crippen LogP contribution >= 0.6 is 0 Å². The minimum atomic E-state index is -0.580. The molecular formula is C20H26N4O4. The summed E-state index contributed by atoms with van der Waals surface area (Å²) in [4.78, 5) is 31.0. The third-order valence-electron chi connectivity index (χ3n) is 5.25. The molecule has 0 spiro atoms. The van der Waals surface area contributed by atoms with Gasteiger partial charge in [0.1, 0.15) is 11.3 Å². The molecule has 1 fully saturated rings. The molecule has 2 aromatic rings. The van der Waals surface area contributed by atoms with Gasteiger partial charge in [0.25, 0.3) is 5.56 Å². The van der Waals surface area contributed by atoms with E-state index < -0.39 is 11.2 Å². The number of aromatic hydroxyl groups is 1. The number of ether oxygens (including phenoxy) is 1. The van der Waals surface area contributed by atoms with Gasteiger partial charge in [0, 0.05) is 25.9 Å². The van der Waals surface area contributed by atoms with Crippen molar-refractivity contribution in [1.29, 1.82) is 0 Å². The maximum atomic E-state index is 12.3. The molecule has 8 heteroatoms. The molecular weight excluding hydrogens is 360 g/mol. The number of hydrogen-bond acceptors (Lipinski definition) is 6. The van der Waals surface area contributed by atoms with Crippen molar-refractivity contribution >= 4 is 6.21 Å². The second-order valence-electron chi connectivity index (χ2n) is 6.94. The van der Waals surface area contributed by atoms with Crippen molar-refractivity contribution in [2.75, 3.05) is 26.7 Å². The first-order valence-electron chi connectivity index (χ1n) is 9.31. The van der Waals surface area contributed by atoms with E-state index in [0.717, 1.165) is 46.4 Å². The Kier molecular flexibility index (Phi) is 5.99. The van der Waals surface area contributed by atoms with Gasteiger partial charge in [-0.15, -0.1) is 0 Å². The van der Waals surface area contributed by atoms with E-state index in [2.05, 4.69) is 9.89 Å². The number of benzene rings is 1. The molecule has 1 aliphatic rings. The lowest BCUT2D eigenvalue weighted by Crippen LogP contribution is -2.38. The highest BCUT2D eigenvalue weighted by atomic mass is 16.5. The molecule has 8 nitrogen and oxygen atoms in total. The van der Waals surface area contributed by atoms with Crippen molar-refractivity contribution < 1.29 is 9.84 Å². The molecule has 1 N–H and O–H groups in total. The van der Waals surface area contributed by atoms with Crippen LogP contribution in [0, 0.1) is 0 Å². The van der Waals surface area contributed by atoms with Crippen LogP contribution in [0.1, 0.15) is 30.0 Å².